The summed E-state index contributed by atoms with van der Waals surface area (Å²) in [5.41, 5.74) is 0.930. The van der Waals surface area contributed by atoms with Crippen molar-refractivity contribution in [2.24, 2.45) is 11.8 Å². The van der Waals surface area contributed by atoms with Crippen molar-refractivity contribution in [1.29, 1.82) is 0 Å². The van der Waals surface area contributed by atoms with Gasteiger partial charge in [0.05, 0.1) is 16.7 Å². The fraction of sp³-hybridized carbons (Fsp3) is 0.722. The molecule has 0 spiro atoms. The summed E-state index contributed by atoms with van der Waals surface area (Å²) in [6.07, 6.45) is 6.00. The van der Waals surface area contributed by atoms with Crippen molar-refractivity contribution < 1.29 is 9.59 Å². The Labute approximate surface area is 147 Å². The van der Waals surface area contributed by atoms with E-state index >= 15 is 0 Å². The molecule has 0 radical (unpaired) electrons. The van der Waals surface area contributed by atoms with Gasteiger partial charge in [0, 0.05) is 30.3 Å². The van der Waals surface area contributed by atoms with Crippen molar-refractivity contribution in [1.82, 2.24) is 15.2 Å². The van der Waals surface area contributed by atoms with Crippen LogP contribution in [0, 0.1) is 18.8 Å². The monoisotopic (exact) mass is 349 g/mol. The molecule has 1 aromatic rings. The van der Waals surface area contributed by atoms with Crippen LogP contribution >= 0.6 is 11.3 Å². The fourth-order valence-corrected chi connectivity index (χ4v) is 4.48. The van der Waals surface area contributed by atoms with Crippen LogP contribution in [-0.4, -0.2) is 34.8 Å². The summed E-state index contributed by atoms with van der Waals surface area (Å²) in [4.78, 5) is 31.4. The molecule has 2 amide bonds. The van der Waals surface area contributed by atoms with Crippen molar-refractivity contribution in [3.05, 3.63) is 16.1 Å². The van der Waals surface area contributed by atoms with E-state index in [1.165, 1.54) is 12.8 Å². The first-order chi connectivity index (χ1) is 11.5. The Morgan fingerprint density at radius 3 is 2.46 bits per heavy atom. The van der Waals surface area contributed by atoms with Crippen molar-refractivity contribution in [3.8, 4) is 0 Å². The van der Waals surface area contributed by atoms with Crippen LogP contribution < -0.4 is 5.32 Å². The number of hydrogen-bond donors (Lipinski definition) is 1. The third-order valence-electron chi connectivity index (χ3n) is 5.32. The number of thiazole rings is 1. The van der Waals surface area contributed by atoms with Crippen LogP contribution in [0.15, 0.2) is 5.38 Å². The molecule has 1 N–H and O–H groups in total. The van der Waals surface area contributed by atoms with E-state index < -0.39 is 0 Å². The Hall–Kier alpha value is -1.43. The number of nitrogens with one attached hydrogen (secondary N) is 1. The highest BCUT2D eigenvalue weighted by Gasteiger charge is 2.32. The molecular weight excluding hydrogens is 322 g/mol. The number of piperidine rings is 1. The van der Waals surface area contributed by atoms with Gasteiger partial charge in [-0.25, -0.2) is 4.98 Å². The first-order valence-corrected chi connectivity index (χ1v) is 9.93. The van der Waals surface area contributed by atoms with Crippen LogP contribution in [0.25, 0.3) is 0 Å². The second-order valence-corrected chi connectivity index (χ2v) is 8.16. The van der Waals surface area contributed by atoms with Gasteiger partial charge in [0.25, 0.3) is 0 Å². The Kier molecular flexibility index (Phi) is 5.54. The van der Waals surface area contributed by atoms with E-state index in [4.69, 9.17) is 0 Å². The van der Waals surface area contributed by atoms with Gasteiger partial charge in [-0.15, -0.1) is 11.3 Å². The lowest BCUT2D eigenvalue weighted by Crippen LogP contribution is -2.45. The zero-order valence-corrected chi connectivity index (χ0v) is 15.4. The maximum absolute atomic E-state index is 12.5. The largest absolute Gasteiger partial charge is 0.348 e. The predicted octanol–water partition coefficient (Wildman–Crippen LogP) is 3.06. The highest BCUT2D eigenvalue weighted by Crippen LogP contribution is 2.28. The third-order valence-corrected chi connectivity index (χ3v) is 6.11. The number of carbonyl (C=O) groups is 2. The fourth-order valence-electron chi connectivity index (χ4n) is 3.78. The number of amides is 2. The molecule has 0 bridgehead atoms. The molecule has 1 saturated heterocycles. The topological polar surface area (TPSA) is 62.3 Å². The average molecular weight is 350 g/mol. The van der Waals surface area contributed by atoms with Gasteiger partial charge in [-0.2, -0.15) is 0 Å². The standard InChI is InChI=1S/C18H27N3O2S/c1-12(16-11-24-13(2)20-16)19-17(22)14-7-9-21(10-8-14)18(23)15-5-3-4-6-15/h11-12,14-15H,3-10H2,1-2H3,(H,19,22)/t12-/m0/s1. The molecule has 1 aliphatic carbocycles. The highest BCUT2D eigenvalue weighted by molar-refractivity contribution is 7.09. The molecule has 2 fully saturated rings. The van der Waals surface area contributed by atoms with E-state index in [0.29, 0.717) is 5.91 Å². The summed E-state index contributed by atoms with van der Waals surface area (Å²) in [6.45, 7) is 5.39. The Bertz CT molecular complexity index is 587. The Morgan fingerprint density at radius 2 is 1.88 bits per heavy atom. The number of likely N-dealkylation sites (tertiary alicyclic amines) is 1. The van der Waals surface area contributed by atoms with Crippen molar-refractivity contribution in [3.63, 3.8) is 0 Å². The van der Waals surface area contributed by atoms with Gasteiger partial charge in [0.2, 0.25) is 11.8 Å². The molecule has 5 nitrogen and oxygen atoms in total. The maximum atomic E-state index is 12.5. The summed E-state index contributed by atoms with van der Waals surface area (Å²) in [7, 11) is 0. The third kappa shape index (κ3) is 3.97. The summed E-state index contributed by atoms with van der Waals surface area (Å²) < 4.78 is 0. The minimum atomic E-state index is -0.0550. The molecule has 24 heavy (non-hydrogen) atoms. The van der Waals surface area contributed by atoms with E-state index in [0.717, 1.165) is 49.5 Å². The van der Waals surface area contributed by atoms with E-state index in [2.05, 4.69) is 10.3 Å². The van der Waals surface area contributed by atoms with Crippen LogP contribution in [0.3, 0.4) is 0 Å². The molecule has 3 rings (SSSR count). The molecule has 1 aromatic heterocycles. The van der Waals surface area contributed by atoms with E-state index in [1.54, 1.807) is 11.3 Å². The first-order valence-electron chi connectivity index (χ1n) is 9.06. The molecule has 2 heterocycles. The minimum Gasteiger partial charge on any atom is -0.348 e. The first kappa shape index (κ1) is 17.4. The molecule has 1 saturated carbocycles. The lowest BCUT2D eigenvalue weighted by molar-refractivity contribution is -0.139. The molecule has 1 aliphatic heterocycles. The molecule has 6 heteroatoms. The van der Waals surface area contributed by atoms with Crippen LogP contribution in [0.5, 0.6) is 0 Å². The van der Waals surface area contributed by atoms with Crippen LogP contribution in [0.1, 0.15) is 62.2 Å². The number of rotatable bonds is 4. The smallest absolute Gasteiger partial charge is 0.225 e. The van der Waals surface area contributed by atoms with Gasteiger partial charge >= 0.3 is 0 Å². The zero-order chi connectivity index (χ0) is 17.1. The summed E-state index contributed by atoms with van der Waals surface area (Å²) in [5.74, 6) is 0.668. The van der Waals surface area contributed by atoms with E-state index in [-0.39, 0.29) is 23.8 Å². The van der Waals surface area contributed by atoms with Gasteiger partial charge < -0.3 is 10.2 Å². The summed E-state index contributed by atoms with van der Waals surface area (Å²) >= 11 is 1.60. The zero-order valence-electron chi connectivity index (χ0n) is 14.6. The SMILES string of the molecule is Cc1nc([C@H](C)NC(=O)C2CCN(C(=O)C3CCCC3)CC2)cs1. The van der Waals surface area contributed by atoms with Crippen molar-refractivity contribution in [2.75, 3.05) is 13.1 Å². The van der Waals surface area contributed by atoms with Gasteiger partial charge in [-0.3, -0.25) is 9.59 Å². The van der Waals surface area contributed by atoms with Crippen LogP contribution in [-0.2, 0) is 9.59 Å². The molecule has 0 unspecified atom stereocenters. The summed E-state index contributed by atoms with van der Waals surface area (Å²) in [6, 6.07) is -0.0550. The second-order valence-electron chi connectivity index (χ2n) is 7.10. The van der Waals surface area contributed by atoms with E-state index in [1.807, 2.05) is 24.1 Å². The van der Waals surface area contributed by atoms with Crippen molar-refractivity contribution >= 4 is 23.2 Å². The number of aromatic nitrogens is 1. The number of hydrogen-bond acceptors (Lipinski definition) is 4. The predicted molar refractivity (Wildman–Crippen MR) is 94.7 cm³/mol. The molecular formula is C18H27N3O2S. The normalized spacial score (nSPS) is 21.0. The molecule has 1 atom stereocenters. The van der Waals surface area contributed by atoms with Gasteiger partial charge in [-0.05, 0) is 39.5 Å². The number of carbonyl (C=O) groups excluding carboxylic acids is 2. The maximum Gasteiger partial charge on any atom is 0.225 e. The van der Waals surface area contributed by atoms with Crippen molar-refractivity contribution in [2.45, 2.75) is 58.4 Å². The quantitative estimate of drug-likeness (QED) is 0.909. The molecule has 0 aromatic carbocycles. The number of aryl methyl sites for hydroxylation is 1. The van der Waals surface area contributed by atoms with Crippen LogP contribution in [0.2, 0.25) is 0 Å². The van der Waals surface area contributed by atoms with Crippen LogP contribution in [0.4, 0.5) is 0 Å². The molecule has 132 valence electrons. The van der Waals surface area contributed by atoms with Gasteiger partial charge in [0.1, 0.15) is 0 Å². The van der Waals surface area contributed by atoms with Gasteiger partial charge in [0.15, 0.2) is 0 Å². The Morgan fingerprint density at radius 1 is 1.21 bits per heavy atom. The lowest BCUT2D eigenvalue weighted by Gasteiger charge is -2.33. The lowest BCUT2D eigenvalue weighted by atomic mass is 9.94. The highest BCUT2D eigenvalue weighted by atomic mass is 32.1. The van der Waals surface area contributed by atoms with E-state index in [9.17, 15) is 9.59 Å². The number of nitrogens with zero attached hydrogens (tertiary/aromatic N) is 2. The molecule has 2 aliphatic rings. The second kappa shape index (κ2) is 7.64. The Balaban J connectivity index is 1.47. The van der Waals surface area contributed by atoms with Gasteiger partial charge in [-0.1, -0.05) is 12.8 Å². The average Bonchev–Trinajstić information content (AvgIpc) is 3.26. The summed E-state index contributed by atoms with van der Waals surface area (Å²) in [5, 5.41) is 6.10. The minimum absolute atomic E-state index is 0.0137.